The van der Waals surface area contributed by atoms with Gasteiger partial charge in [-0.15, -0.1) is 0 Å². The summed E-state index contributed by atoms with van der Waals surface area (Å²) in [5.41, 5.74) is 0.399. The van der Waals surface area contributed by atoms with E-state index in [4.69, 9.17) is 5.11 Å². The molecule has 1 aliphatic carbocycles. The Morgan fingerprint density at radius 3 is 2.63 bits per heavy atom. The number of rotatable bonds is 4. The number of carboxylic acid groups (broad SMARTS) is 1. The summed E-state index contributed by atoms with van der Waals surface area (Å²) in [6, 6.07) is 3.73. The van der Waals surface area contributed by atoms with Crippen molar-refractivity contribution in [2.24, 2.45) is 5.92 Å². The van der Waals surface area contributed by atoms with Crippen molar-refractivity contribution < 1.29 is 19.4 Å². The Hall–Kier alpha value is -1.62. The molecule has 1 saturated carbocycles. The van der Waals surface area contributed by atoms with E-state index in [9.17, 15) is 14.3 Å². The maximum Gasteiger partial charge on any atom is 0.337 e. The molecule has 0 radical (unpaired) electrons. The van der Waals surface area contributed by atoms with Crippen LogP contribution in [0.15, 0.2) is 18.2 Å². The topological polar surface area (TPSA) is 69.6 Å². The quantitative estimate of drug-likeness (QED) is 0.784. The number of carbonyl (C=O) groups is 1. The second-order valence-corrected chi connectivity index (χ2v) is 5.05. The molecule has 1 fully saturated rings. The van der Waals surface area contributed by atoms with Gasteiger partial charge in [0.05, 0.1) is 11.7 Å². The van der Waals surface area contributed by atoms with Crippen LogP contribution in [0.5, 0.6) is 0 Å². The lowest BCUT2D eigenvalue weighted by molar-refractivity contribution is 0.0697. The van der Waals surface area contributed by atoms with Crippen molar-refractivity contribution in [1.82, 2.24) is 0 Å². The number of aromatic carboxylic acids is 1. The van der Waals surface area contributed by atoms with Crippen LogP contribution in [0.2, 0.25) is 0 Å². The average Bonchev–Trinajstić information content (AvgIpc) is 2.39. The summed E-state index contributed by atoms with van der Waals surface area (Å²) >= 11 is 0. The van der Waals surface area contributed by atoms with Crippen LogP contribution < -0.4 is 5.32 Å². The Balaban J connectivity index is 1.97. The van der Waals surface area contributed by atoms with Crippen molar-refractivity contribution >= 4 is 11.7 Å². The summed E-state index contributed by atoms with van der Waals surface area (Å²) in [6.07, 6.45) is 3.25. The molecule has 104 valence electrons. The predicted octanol–water partition coefficient (Wildman–Crippen LogP) is 2.49. The third-order valence-electron chi connectivity index (χ3n) is 3.61. The molecule has 0 spiro atoms. The summed E-state index contributed by atoms with van der Waals surface area (Å²) in [7, 11) is 0. The standard InChI is InChI=1S/C14H18FNO3/c15-10-3-6-13(12(7-10)14(18)19)16-8-9-1-4-11(17)5-2-9/h3,6-7,9,11,16-17H,1-2,4-5,8H2,(H,18,19). The summed E-state index contributed by atoms with van der Waals surface area (Å²) in [4.78, 5) is 11.0. The van der Waals surface area contributed by atoms with Gasteiger partial charge in [0.25, 0.3) is 0 Å². The third kappa shape index (κ3) is 3.67. The second-order valence-electron chi connectivity index (χ2n) is 5.05. The van der Waals surface area contributed by atoms with Gasteiger partial charge in [-0.1, -0.05) is 0 Å². The number of halogens is 1. The summed E-state index contributed by atoms with van der Waals surface area (Å²) in [5.74, 6) is -1.26. The van der Waals surface area contributed by atoms with Gasteiger partial charge >= 0.3 is 5.97 Å². The number of hydrogen-bond donors (Lipinski definition) is 3. The van der Waals surface area contributed by atoms with Crippen molar-refractivity contribution in [3.05, 3.63) is 29.6 Å². The summed E-state index contributed by atoms with van der Waals surface area (Å²) in [6.45, 7) is 0.651. The molecule has 0 amide bonds. The van der Waals surface area contributed by atoms with Gasteiger partial charge in [-0.25, -0.2) is 9.18 Å². The van der Waals surface area contributed by atoms with Gasteiger partial charge in [-0.3, -0.25) is 0 Å². The Kier molecular flexibility index (Phi) is 4.37. The zero-order valence-electron chi connectivity index (χ0n) is 10.6. The molecule has 0 heterocycles. The van der Waals surface area contributed by atoms with E-state index in [1.54, 1.807) is 0 Å². The molecule has 1 aromatic carbocycles. The molecule has 1 aromatic rings. The van der Waals surface area contributed by atoms with Crippen molar-refractivity contribution in [2.75, 3.05) is 11.9 Å². The first-order chi connectivity index (χ1) is 9.06. The molecular weight excluding hydrogens is 249 g/mol. The van der Waals surface area contributed by atoms with E-state index in [1.807, 2.05) is 0 Å². The molecule has 1 aliphatic rings. The number of carboxylic acids is 1. The van der Waals surface area contributed by atoms with Crippen LogP contribution in [0.3, 0.4) is 0 Å². The first kappa shape index (κ1) is 13.8. The fraction of sp³-hybridized carbons (Fsp3) is 0.500. The normalized spacial score (nSPS) is 23.1. The van der Waals surface area contributed by atoms with Gasteiger partial charge in [0.15, 0.2) is 0 Å². The SMILES string of the molecule is O=C(O)c1cc(F)ccc1NCC1CCC(O)CC1. The fourth-order valence-corrected chi connectivity index (χ4v) is 2.45. The van der Waals surface area contributed by atoms with Gasteiger partial charge in [0.1, 0.15) is 5.82 Å². The molecule has 0 aliphatic heterocycles. The van der Waals surface area contributed by atoms with Gasteiger partial charge in [0, 0.05) is 12.2 Å². The molecule has 4 nitrogen and oxygen atoms in total. The summed E-state index contributed by atoms with van der Waals surface area (Å²) < 4.78 is 13.0. The number of hydrogen-bond acceptors (Lipinski definition) is 3. The lowest BCUT2D eigenvalue weighted by Crippen LogP contribution is -2.24. The van der Waals surface area contributed by atoms with Crippen LogP contribution in [0.4, 0.5) is 10.1 Å². The largest absolute Gasteiger partial charge is 0.478 e. The number of aliphatic hydroxyl groups is 1. The Morgan fingerprint density at radius 1 is 1.32 bits per heavy atom. The molecule has 0 unspecified atom stereocenters. The maximum absolute atomic E-state index is 13.0. The molecule has 0 bridgehead atoms. The van der Waals surface area contributed by atoms with E-state index >= 15 is 0 Å². The fourth-order valence-electron chi connectivity index (χ4n) is 2.45. The second kappa shape index (κ2) is 6.02. The van der Waals surface area contributed by atoms with Crippen LogP contribution in [0, 0.1) is 11.7 Å². The molecular formula is C14H18FNO3. The van der Waals surface area contributed by atoms with Crippen LogP contribution in [0.1, 0.15) is 36.0 Å². The zero-order valence-corrected chi connectivity index (χ0v) is 10.6. The van der Waals surface area contributed by atoms with Crippen LogP contribution in [-0.2, 0) is 0 Å². The lowest BCUT2D eigenvalue weighted by Gasteiger charge is -2.26. The zero-order chi connectivity index (χ0) is 13.8. The van der Waals surface area contributed by atoms with Crippen LogP contribution >= 0.6 is 0 Å². The monoisotopic (exact) mass is 267 g/mol. The number of nitrogens with one attached hydrogen (secondary N) is 1. The third-order valence-corrected chi connectivity index (χ3v) is 3.61. The Morgan fingerprint density at radius 2 is 2.00 bits per heavy atom. The highest BCUT2D eigenvalue weighted by atomic mass is 19.1. The minimum atomic E-state index is -1.14. The molecule has 19 heavy (non-hydrogen) atoms. The Bertz CT molecular complexity index is 456. The summed E-state index contributed by atoms with van der Waals surface area (Å²) in [5, 5.41) is 21.5. The smallest absolute Gasteiger partial charge is 0.337 e. The first-order valence-corrected chi connectivity index (χ1v) is 6.51. The maximum atomic E-state index is 13.0. The van der Waals surface area contributed by atoms with E-state index in [0.29, 0.717) is 18.2 Å². The average molecular weight is 267 g/mol. The van der Waals surface area contributed by atoms with Gasteiger partial charge in [-0.2, -0.15) is 0 Å². The predicted molar refractivity (Wildman–Crippen MR) is 69.8 cm³/mol. The molecule has 0 aromatic heterocycles. The number of aliphatic hydroxyl groups excluding tert-OH is 1. The molecule has 3 N–H and O–H groups in total. The lowest BCUT2D eigenvalue weighted by atomic mass is 9.87. The number of benzene rings is 1. The highest BCUT2D eigenvalue weighted by Crippen LogP contribution is 2.25. The van der Waals surface area contributed by atoms with E-state index in [2.05, 4.69) is 5.32 Å². The first-order valence-electron chi connectivity index (χ1n) is 6.51. The van der Waals surface area contributed by atoms with E-state index < -0.39 is 11.8 Å². The molecule has 5 heteroatoms. The minimum Gasteiger partial charge on any atom is -0.478 e. The van der Waals surface area contributed by atoms with Crippen molar-refractivity contribution in [3.63, 3.8) is 0 Å². The van der Waals surface area contributed by atoms with Gasteiger partial charge in [-0.05, 0) is 49.8 Å². The molecule has 2 rings (SSSR count). The van der Waals surface area contributed by atoms with Crippen LogP contribution in [-0.4, -0.2) is 28.8 Å². The van der Waals surface area contributed by atoms with E-state index in [1.165, 1.54) is 12.1 Å². The highest BCUT2D eigenvalue weighted by Gasteiger charge is 2.20. The number of anilines is 1. The van der Waals surface area contributed by atoms with Crippen LogP contribution in [0.25, 0.3) is 0 Å². The van der Waals surface area contributed by atoms with Gasteiger partial charge in [0.2, 0.25) is 0 Å². The highest BCUT2D eigenvalue weighted by molar-refractivity contribution is 5.94. The van der Waals surface area contributed by atoms with E-state index in [-0.39, 0.29) is 11.7 Å². The van der Waals surface area contributed by atoms with Crippen molar-refractivity contribution in [3.8, 4) is 0 Å². The van der Waals surface area contributed by atoms with Crippen molar-refractivity contribution in [1.29, 1.82) is 0 Å². The minimum absolute atomic E-state index is 0.0455. The van der Waals surface area contributed by atoms with Crippen molar-refractivity contribution in [2.45, 2.75) is 31.8 Å². The van der Waals surface area contributed by atoms with Gasteiger partial charge < -0.3 is 15.5 Å². The van der Waals surface area contributed by atoms with E-state index in [0.717, 1.165) is 31.7 Å². The molecule has 0 atom stereocenters. The molecule has 0 saturated heterocycles. The Labute approximate surface area is 111 Å².